The molecular formula is C20H31NO4. The first-order chi connectivity index (χ1) is 11.9. The second kappa shape index (κ2) is 10.8. The molecule has 2 atom stereocenters. The molecule has 0 saturated heterocycles. The number of ether oxygens (including phenoxy) is 3. The van der Waals surface area contributed by atoms with Gasteiger partial charge >= 0.3 is 0 Å². The summed E-state index contributed by atoms with van der Waals surface area (Å²) >= 11 is 0. The predicted molar refractivity (Wildman–Crippen MR) is 100 cm³/mol. The molecule has 0 radical (unpaired) electrons. The van der Waals surface area contributed by atoms with Gasteiger partial charge in [-0.05, 0) is 43.9 Å². The summed E-state index contributed by atoms with van der Waals surface area (Å²) in [5.74, 6) is 1.66. The number of amides is 1. The maximum atomic E-state index is 12.2. The van der Waals surface area contributed by atoms with Crippen LogP contribution in [-0.2, 0) is 9.53 Å². The predicted octanol–water partition coefficient (Wildman–Crippen LogP) is 3.89. The molecule has 5 nitrogen and oxygen atoms in total. The Bertz CT molecular complexity index is 557. The van der Waals surface area contributed by atoms with E-state index >= 15 is 0 Å². The Balaban J connectivity index is 2.69. The fourth-order valence-electron chi connectivity index (χ4n) is 2.15. The SMILES string of the molecule is C=CCCOC(C)C(=O)NC(C)c1ccc(OCC(C)C)c(OC)c1. The average molecular weight is 349 g/mol. The molecule has 0 bridgehead atoms. The van der Waals surface area contributed by atoms with Crippen molar-refractivity contribution >= 4 is 5.91 Å². The number of hydrogen-bond donors (Lipinski definition) is 1. The minimum absolute atomic E-state index is 0.143. The van der Waals surface area contributed by atoms with E-state index < -0.39 is 6.10 Å². The zero-order valence-electron chi connectivity index (χ0n) is 16.0. The largest absolute Gasteiger partial charge is 0.493 e. The highest BCUT2D eigenvalue weighted by atomic mass is 16.5. The first-order valence-corrected chi connectivity index (χ1v) is 8.72. The van der Waals surface area contributed by atoms with Crippen LogP contribution >= 0.6 is 0 Å². The minimum atomic E-state index is -0.502. The summed E-state index contributed by atoms with van der Waals surface area (Å²) in [6.45, 7) is 12.6. The molecule has 1 rings (SSSR count). The van der Waals surface area contributed by atoms with Gasteiger partial charge in [0.1, 0.15) is 6.10 Å². The van der Waals surface area contributed by atoms with E-state index in [0.717, 1.165) is 12.0 Å². The van der Waals surface area contributed by atoms with Crippen LogP contribution in [0.1, 0.15) is 45.7 Å². The summed E-state index contributed by atoms with van der Waals surface area (Å²) in [7, 11) is 1.61. The van der Waals surface area contributed by atoms with Gasteiger partial charge in [0.25, 0.3) is 0 Å². The van der Waals surface area contributed by atoms with Crippen LogP contribution in [0.15, 0.2) is 30.9 Å². The van der Waals surface area contributed by atoms with Crippen molar-refractivity contribution in [3.05, 3.63) is 36.4 Å². The fraction of sp³-hybridized carbons (Fsp3) is 0.550. The topological polar surface area (TPSA) is 56.8 Å². The number of benzene rings is 1. The summed E-state index contributed by atoms with van der Waals surface area (Å²) in [4.78, 5) is 12.2. The maximum Gasteiger partial charge on any atom is 0.249 e. The summed E-state index contributed by atoms with van der Waals surface area (Å²) in [6, 6.07) is 5.55. The fourth-order valence-corrected chi connectivity index (χ4v) is 2.15. The Labute approximate surface area is 151 Å². The maximum absolute atomic E-state index is 12.2. The van der Waals surface area contributed by atoms with Crippen LogP contribution in [0.2, 0.25) is 0 Å². The van der Waals surface area contributed by atoms with Gasteiger partial charge < -0.3 is 19.5 Å². The van der Waals surface area contributed by atoms with Crippen molar-refractivity contribution in [3.8, 4) is 11.5 Å². The van der Waals surface area contributed by atoms with Crippen LogP contribution in [-0.4, -0.2) is 32.3 Å². The lowest BCUT2D eigenvalue weighted by atomic mass is 10.1. The quantitative estimate of drug-likeness (QED) is 0.486. The van der Waals surface area contributed by atoms with Crippen LogP contribution in [0, 0.1) is 5.92 Å². The van der Waals surface area contributed by atoms with Crippen LogP contribution in [0.4, 0.5) is 0 Å². The molecule has 0 aliphatic rings. The van der Waals surface area contributed by atoms with E-state index in [0.29, 0.717) is 30.6 Å². The standard InChI is InChI=1S/C20H31NO4/c1-7-8-11-24-16(5)20(22)21-15(4)17-9-10-18(19(12-17)23-6)25-13-14(2)3/h7,9-10,12,14-16H,1,8,11,13H2,2-6H3,(H,21,22). The van der Waals surface area contributed by atoms with Crippen LogP contribution < -0.4 is 14.8 Å². The highest BCUT2D eigenvalue weighted by Crippen LogP contribution is 2.30. The molecule has 2 unspecified atom stereocenters. The van der Waals surface area contributed by atoms with Gasteiger partial charge in [-0.15, -0.1) is 6.58 Å². The van der Waals surface area contributed by atoms with Gasteiger partial charge in [0, 0.05) is 0 Å². The normalized spacial score (nSPS) is 13.2. The molecule has 1 N–H and O–H groups in total. The van der Waals surface area contributed by atoms with Crippen molar-refractivity contribution < 1.29 is 19.0 Å². The Kier molecular flexibility index (Phi) is 9.06. The Morgan fingerprint density at radius 3 is 2.56 bits per heavy atom. The van der Waals surface area contributed by atoms with Gasteiger partial charge in [-0.2, -0.15) is 0 Å². The van der Waals surface area contributed by atoms with Gasteiger partial charge in [-0.1, -0.05) is 26.0 Å². The van der Waals surface area contributed by atoms with Crippen LogP contribution in [0.3, 0.4) is 0 Å². The van der Waals surface area contributed by atoms with E-state index in [-0.39, 0.29) is 11.9 Å². The van der Waals surface area contributed by atoms with Crippen molar-refractivity contribution in [1.29, 1.82) is 0 Å². The molecule has 0 aliphatic carbocycles. The van der Waals surface area contributed by atoms with Gasteiger partial charge in [0.05, 0.1) is 26.4 Å². The molecule has 140 valence electrons. The molecule has 1 aromatic carbocycles. The van der Waals surface area contributed by atoms with Crippen molar-refractivity contribution in [2.24, 2.45) is 5.92 Å². The third kappa shape index (κ3) is 7.18. The molecule has 25 heavy (non-hydrogen) atoms. The van der Waals surface area contributed by atoms with E-state index in [1.54, 1.807) is 20.1 Å². The van der Waals surface area contributed by atoms with Crippen molar-refractivity contribution in [2.45, 2.75) is 46.3 Å². The Morgan fingerprint density at radius 1 is 1.24 bits per heavy atom. The third-order valence-electron chi connectivity index (χ3n) is 3.68. The number of rotatable bonds is 11. The first kappa shape index (κ1) is 21.0. The summed E-state index contributed by atoms with van der Waals surface area (Å²) in [5, 5.41) is 2.96. The van der Waals surface area contributed by atoms with E-state index in [2.05, 4.69) is 25.7 Å². The van der Waals surface area contributed by atoms with E-state index in [1.807, 2.05) is 25.1 Å². The van der Waals surface area contributed by atoms with Crippen molar-refractivity contribution in [1.82, 2.24) is 5.32 Å². The first-order valence-electron chi connectivity index (χ1n) is 8.72. The van der Waals surface area contributed by atoms with Crippen LogP contribution in [0.5, 0.6) is 11.5 Å². The smallest absolute Gasteiger partial charge is 0.249 e. The molecule has 5 heteroatoms. The lowest BCUT2D eigenvalue weighted by Crippen LogP contribution is -2.36. The van der Waals surface area contributed by atoms with Gasteiger partial charge in [0.15, 0.2) is 11.5 Å². The lowest BCUT2D eigenvalue weighted by Gasteiger charge is -2.20. The number of carbonyl (C=O) groups excluding carboxylic acids is 1. The molecule has 0 aromatic heterocycles. The second-order valence-corrected chi connectivity index (χ2v) is 6.44. The monoisotopic (exact) mass is 349 g/mol. The summed E-state index contributed by atoms with van der Waals surface area (Å²) < 4.78 is 16.6. The molecular weight excluding hydrogens is 318 g/mol. The van der Waals surface area contributed by atoms with Crippen LogP contribution in [0.25, 0.3) is 0 Å². The number of hydrogen-bond acceptors (Lipinski definition) is 4. The third-order valence-corrected chi connectivity index (χ3v) is 3.68. The molecule has 0 saturated carbocycles. The van der Waals surface area contributed by atoms with Crippen molar-refractivity contribution in [2.75, 3.05) is 20.3 Å². The highest BCUT2D eigenvalue weighted by molar-refractivity contribution is 5.80. The minimum Gasteiger partial charge on any atom is -0.493 e. The second-order valence-electron chi connectivity index (χ2n) is 6.44. The average Bonchev–Trinajstić information content (AvgIpc) is 2.59. The van der Waals surface area contributed by atoms with Gasteiger partial charge in [-0.25, -0.2) is 0 Å². The van der Waals surface area contributed by atoms with E-state index in [4.69, 9.17) is 14.2 Å². The Hall–Kier alpha value is -2.01. The number of methoxy groups -OCH3 is 1. The van der Waals surface area contributed by atoms with Crippen molar-refractivity contribution in [3.63, 3.8) is 0 Å². The molecule has 0 spiro atoms. The molecule has 1 aromatic rings. The summed E-state index contributed by atoms with van der Waals surface area (Å²) in [5.41, 5.74) is 0.945. The van der Waals surface area contributed by atoms with Gasteiger partial charge in [0.2, 0.25) is 5.91 Å². The lowest BCUT2D eigenvalue weighted by molar-refractivity contribution is -0.132. The zero-order valence-corrected chi connectivity index (χ0v) is 16.0. The Morgan fingerprint density at radius 2 is 1.96 bits per heavy atom. The molecule has 0 heterocycles. The molecule has 0 aliphatic heterocycles. The number of nitrogens with one attached hydrogen (secondary N) is 1. The number of carbonyl (C=O) groups is 1. The molecule has 0 fully saturated rings. The zero-order chi connectivity index (χ0) is 18.8. The van der Waals surface area contributed by atoms with E-state index in [9.17, 15) is 4.79 Å². The van der Waals surface area contributed by atoms with E-state index in [1.165, 1.54) is 0 Å². The van der Waals surface area contributed by atoms with Gasteiger partial charge in [-0.3, -0.25) is 4.79 Å². The molecule has 1 amide bonds. The highest BCUT2D eigenvalue weighted by Gasteiger charge is 2.17. The summed E-state index contributed by atoms with van der Waals surface area (Å²) in [6.07, 6.45) is 1.99.